The molecule has 0 bridgehead atoms. The maximum Gasteiger partial charge on any atom is 0.132 e. The lowest BCUT2D eigenvalue weighted by Crippen LogP contribution is -2.32. The van der Waals surface area contributed by atoms with Crippen LogP contribution in [0.3, 0.4) is 0 Å². The summed E-state index contributed by atoms with van der Waals surface area (Å²) in [7, 11) is 0. The average molecular weight is 880 g/mol. The van der Waals surface area contributed by atoms with E-state index in [4.69, 9.17) is 9.47 Å². The van der Waals surface area contributed by atoms with Crippen LogP contribution in [0.5, 0.6) is 23.0 Å². The van der Waals surface area contributed by atoms with Gasteiger partial charge in [-0.3, -0.25) is 0 Å². The van der Waals surface area contributed by atoms with Crippen LogP contribution in [0, 0.1) is 0 Å². The number of benzene rings is 11. The SMILES string of the molecule is c1ccc2c(c1)Oc1ccccc1C21c2ccccc2-c2c(N(c3ccc(-c4ccc5ccccc5c4)cc3)c3cccc4c3-c3ccccc3C43c4ccccc4Oc4ccccc43)cccc21. The number of hydrogen-bond acceptors (Lipinski definition) is 3. The number of ether oxygens (including phenoxy) is 2. The van der Waals surface area contributed by atoms with Crippen molar-refractivity contribution in [2.24, 2.45) is 0 Å². The number of nitrogens with zero attached hydrogens (tertiary/aromatic N) is 1. The van der Waals surface area contributed by atoms with Crippen molar-refractivity contribution >= 4 is 27.8 Å². The zero-order valence-electron chi connectivity index (χ0n) is 37.4. The number of fused-ring (bicyclic) bond motifs is 19. The van der Waals surface area contributed by atoms with Gasteiger partial charge in [-0.15, -0.1) is 0 Å². The maximum absolute atomic E-state index is 6.75. The van der Waals surface area contributed by atoms with E-state index in [0.29, 0.717) is 0 Å². The van der Waals surface area contributed by atoms with E-state index in [1.54, 1.807) is 0 Å². The second kappa shape index (κ2) is 14.3. The van der Waals surface area contributed by atoms with E-state index in [1.165, 1.54) is 66.4 Å². The Kier molecular flexibility index (Phi) is 7.92. The summed E-state index contributed by atoms with van der Waals surface area (Å²) in [5.41, 5.74) is 18.8. The zero-order chi connectivity index (χ0) is 45.3. The second-order valence-corrected chi connectivity index (χ2v) is 18.6. The van der Waals surface area contributed by atoms with E-state index >= 15 is 0 Å². The van der Waals surface area contributed by atoms with Gasteiger partial charge in [-0.25, -0.2) is 0 Å². The number of para-hydroxylation sites is 4. The van der Waals surface area contributed by atoms with Gasteiger partial charge in [-0.1, -0.05) is 194 Å². The van der Waals surface area contributed by atoms with E-state index < -0.39 is 10.8 Å². The Labute approximate surface area is 400 Å². The molecule has 69 heavy (non-hydrogen) atoms. The summed E-state index contributed by atoms with van der Waals surface area (Å²) in [6.07, 6.45) is 0. The molecule has 15 rings (SSSR count). The lowest BCUT2D eigenvalue weighted by molar-refractivity contribution is 0.436. The van der Waals surface area contributed by atoms with E-state index in [-0.39, 0.29) is 0 Å². The highest BCUT2D eigenvalue weighted by Gasteiger charge is 2.54. The van der Waals surface area contributed by atoms with Gasteiger partial charge < -0.3 is 14.4 Å². The summed E-state index contributed by atoms with van der Waals surface area (Å²) in [5, 5.41) is 2.47. The molecule has 0 fully saturated rings. The molecule has 0 radical (unpaired) electrons. The van der Waals surface area contributed by atoms with Gasteiger partial charge in [0.25, 0.3) is 0 Å². The quantitative estimate of drug-likeness (QED) is 0.176. The minimum absolute atomic E-state index is 0.621. The molecule has 0 saturated heterocycles. The molecule has 0 aromatic heterocycles. The highest BCUT2D eigenvalue weighted by atomic mass is 16.5. The predicted octanol–water partition coefficient (Wildman–Crippen LogP) is 16.9. The number of hydrogen-bond donors (Lipinski definition) is 0. The first-order valence-electron chi connectivity index (χ1n) is 23.8. The molecule has 2 spiro atoms. The molecule has 2 heterocycles. The van der Waals surface area contributed by atoms with E-state index in [0.717, 1.165) is 62.3 Å². The van der Waals surface area contributed by atoms with E-state index in [9.17, 15) is 0 Å². The number of anilines is 3. The van der Waals surface area contributed by atoms with Crippen LogP contribution in [-0.4, -0.2) is 0 Å². The van der Waals surface area contributed by atoms with Crippen LogP contribution in [0.2, 0.25) is 0 Å². The molecule has 0 unspecified atom stereocenters. The fourth-order valence-electron chi connectivity index (χ4n) is 12.7. The number of rotatable bonds is 4. The molecule has 3 nitrogen and oxygen atoms in total. The highest BCUT2D eigenvalue weighted by molar-refractivity contribution is 6.03. The zero-order valence-corrected chi connectivity index (χ0v) is 37.4. The van der Waals surface area contributed by atoms with Gasteiger partial charge in [0, 0.05) is 39.1 Å². The van der Waals surface area contributed by atoms with Crippen LogP contribution < -0.4 is 14.4 Å². The highest BCUT2D eigenvalue weighted by Crippen LogP contribution is 2.67. The van der Waals surface area contributed by atoms with Gasteiger partial charge >= 0.3 is 0 Å². The molecule has 2 aliphatic heterocycles. The largest absolute Gasteiger partial charge is 0.457 e. The van der Waals surface area contributed by atoms with Crippen molar-refractivity contribution in [1.82, 2.24) is 0 Å². The summed E-state index contributed by atoms with van der Waals surface area (Å²) < 4.78 is 13.5. The molecule has 4 aliphatic rings. The van der Waals surface area contributed by atoms with Crippen LogP contribution in [-0.2, 0) is 10.8 Å². The first-order valence-corrected chi connectivity index (χ1v) is 23.8. The third-order valence-electron chi connectivity index (χ3n) is 15.4. The fourth-order valence-corrected chi connectivity index (χ4v) is 12.7. The summed E-state index contributed by atoms with van der Waals surface area (Å²) >= 11 is 0. The van der Waals surface area contributed by atoms with Gasteiger partial charge in [0.05, 0.1) is 22.2 Å². The van der Waals surface area contributed by atoms with Crippen molar-refractivity contribution in [2.75, 3.05) is 4.90 Å². The Bertz CT molecular complexity index is 3650. The Morgan fingerprint density at radius 1 is 0.275 bits per heavy atom. The van der Waals surface area contributed by atoms with Crippen LogP contribution in [0.1, 0.15) is 44.5 Å². The summed E-state index contributed by atoms with van der Waals surface area (Å²) in [4.78, 5) is 2.54. The van der Waals surface area contributed by atoms with E-state index in [1.807, 2.05) is 0 Å². The Balaban J connectivity index is 1.03. The Morgan fingerprint density at radius 3 is 1.13 bits per heavy atom. The first-order chi connectivity index (χ1) is 34.2. The predicted molar refractivity (Wildman–Crippen MR) is 279 cm³/mol. The molecule has 11 aromatic rings. The van der Waals surface area contributed by atoms with Crippen molar-refractivity contribution in [3.05, 3.63) is 293 Å². The lowest BCUT2D eigenvalue weighted by atomic mass is 9.66. The van der Waals surface area contributed by atoms with Gasteiger partial charge in [-0.05, 0) is 110 Å². The van der Waals surface area contributed by atoms with Crippen molar-refractivity contribution in [2.45, 2.75) is 10.8 Å². The average Bonchev–Trinajstić information content (AvgIpc) is 3.88. The van der Waals surface area contributed by atoms with Gasteiger partial charge in [0.2, 0.25) is 0 Å². The van der Waals surface area contributed by atoms with Crippen molar-refractivity contribution in [3.63, 3.8) is 0 Å². The molecule has 0 atom stereocenters. The van der Waals surface area contributed by atoms with Crippen LogP contribution in [0.15, 0.2) is 249 Å². The second-order valence-electron chi connectivity index (χ2n) is 18.6. The molecule has 3 heteroatoms. The molecule has 0 N–H and O–H groups in total. The topological polar surface area (TPSA) is 21.7 Å². The Hall–Kier alpha value is -8.92. The van der Waals surface area contributed by atoms with Crippen LogP contribution in [0.4, 0.5) is 17.1 Å². The molecule has 2 aliphatic carbocycles. The normalized spacial score (nSPS) is 14.3. The first kappa shape index (κ1) is 38.2. The lowest BCUT2D eigenvalue weighted by Gasteiger charge is -2.40. The monoisotopic (exact) mass is 879 g/mol. The van der Waals surface area contributed by atoms with Crippen molar-refractivity contribution in [1.29, 1.82) is 0 Å². The molecule has 0 saturated carbocycles. The minimum atomic E-state index is -0.621. The third kappa shape index (κ3) is 5.06. The Morgan fingerprint density at radius 2 is 0.652 bits per heavy atom. The van der Waals surface area contributed by atoms with E-state index in [2.05, 4.69) is 254 Å². The summed E-state index contributed by atoms with van der Waals surface area (Å²) in [5.74, 6) is 3.52. The van der Waals surface area contributed by atoms with Gasteiger partial charge in [0.1, 0.15) is 23.0 Å². The minimum Gasteiger partial charge on any atom is -0.457 e. The molecular weight excluding hydrogens is 839 g/mol. The summed E-state index contributed by atoms with van der Waals surface area (Å²) in [6, 6.07) is 91.0. The van der Waals surface area contributed by atoms with Gasteiger partial charge in [0.15, 0.2) is 0 Å². The third-order valence-corrected chi connectivity index (χ3v) is 15.4. The summed E-state index contributed by atoms with van der Waals surface area (Å²) in [6.45, 7) is 0. The van der Waals surface area contributed by atoms with Crippen molar-refractivity contribution < 1.29 is 9.47 Å². The smallest absolute Gasteiger partial charge is 0.132 e. The van der Waals surface area contributed by atoms with Crippen LogP contribution >= 0.6 is 0 Å². The maximum atomic E-state index is 6.75. The van der Waals surface area contributed by atoms with Gasteiger partial charge in [-0.2, -0.15) is 0 Å². The standard InChI is InChI=1S/C66H41NO2/c1-2-18-44-41-45(36-35-42(44)17-1)43-37-39-46(40-38-43)67(57-29-15-27-55-63(57)47-19-3-5-21-49(47)65(55)51-23-7-11-31-59(51)68-60-32-12-8-24-52(60)65)58-30-16-28-56-64(58)48-20-4-6-22-50(48)66(56)53-25-9-13-33-61(53)69-62-34-14-10-26-54(62)66/h1-41H. The van der Waals surface area contributed by atoms with Crippen LogP contribution in [0.25, 0.3) is 44.2 Å². The molecular formula is C66H41NO2. The van der Waals surface area contributed by atoms with Crippen molar-refractivity contribution in [3.8, 4) is 56.4 Å². The fraction of sp³-hybridized carbons (Fsp3) is 0.0303. The molecule has 0 amide bonds. The molecule has 322 valence electrons. The molecule has 11 aromatic carbocycles.